The van der Waals surface area contributed by atoms with Crippen LogP contribution in [0.2, 0.25) is 0 Å². The highest BCUT2D eigenvalue weighted by Crippen LogP contribution is 2.28. The van der Waals surface area contributed by atoms with Crippen molar-refractivity contribution in [2.45, 2.75) is 32.1 Å². The summed E-state index contributed by atoms with van der Waals surface area (Å²) in [4.78, 5) is 8.44. The first kappa shape index (κ1) is 14.2. The van der Waals surface area contributed by atoms with Gasteiger partial charge in [-0.05, 0) is 13.0 Å². The van der Waals surface area contributed by atoms with Gasteiger partial charge in [-0.15, -0.1) is 11.3 Å². The predicted octanol–water partition coefficient (Wildman–Crippen LogP) is 2.84. The Bertz CT molecular complexity index is 563. The van der Waals surface area contributed by atoms with Crippen LogP contribution in [0.25, 0.3) is 4.96 Å². The smallest absolute Gasteiger partial charge is 0.195 e. The van der Waals surface area contributed by atoms with Crippen LogP contribution in [0.4, 0.5) is 5.82 Å². The Kier molecular flexibility index (Phi) is 4.53. The molecule has 1 aliphatic heterocycles. The lowest BCUT2D eigenvalue weighted by Gasteiger charge is -2.31. The average molecular weight is 310 g/mol. The number of hydrogen-bond acceptors (Lipinski definition) is 5. The van der Waals surface area contributed by atoms with Gasteiger partial charge < -0.3 is 10.2 Å². The van der Waals surface area contributed by atoms with E-state index in [1.165, 1.54) is 17.3 Å². The van der Waals surface area contributed by atoms with Gasteiger partial charge in [0, 0.05) is 42.2 Å². The molecule has 4 nitrogen and oxygen atoms in total. The normalized spacial score (nSPS) is 19.9. The van der Waals surface area contributed by atoms with Gasteiger partial charge in [0.25, 0.3) is 0 Å². The maximum atomic E-state index is 4.87. The van der Waals surface area contributed by atoms with Crippen LogP contribution in [0, 0.1) is 0 Å². The summed E-state index contributed by atoms with van der Waals surface area (Å²) in [6.45, 7) is 8.69. The van der Waals surface area contributed by atoms with Gasteiger partial charge in [-0.2, -0.15) is 11.8 Å². The first-order valence-electron chi connectivity index (χ1n) is 7.31. The number of thioether (sulfide) groups is 1. The number of aromatic nitrogens is 2. The van der Waals surface area contributed by atoms with E-state index in [1.807, 2.05) is 0 Å². The molecule has 1 fully saturated rings. The zero-order valence-electron chi connectivity index (χ0n) is 12.1. The van der Waals surface area contributed by atoms with Crippen molar-refractivity contribution in [3.63, 3.8) is 0 Å². The van der Waals surface area contributed by atoms with Crippen molar-refractivity contribution in [2.24, 2.45) is 0 Å². The van der Waals surface area contributed by atoms with Crippen LogP contribution in [-0.2, 0) is 6.54 Å². The van der Waals surface area contributed by atoms with Crippen molar-refractivity contribution in [3.8, 4) is 0 Å². The number of hydrogen-bond donors (Lipinski definition) is 1. The minimum atomic E-state index is 0.694. The number of nitrogens with zero attached hydrogens (tertiary/aromatic N) is 3. The molecule has 1 saturated heterocycles. The SMILES string of the molecule is CCCNCc1c(N2CCSC(C)C2)nc2sccn12. The van der Waals surface area contributed by atoms with E-state index in [9.17, 15) is 0 Å². The standard InChI is InChI=1S/C14H22N4S2/c1-3-4-15-9-12-13(16-14-18(12)6-8-20-14)17-5-7-19-11(2)10-17/h6,8,11,15H,3-5,7,9-10H2,1-2H3. The van der Waals surface area contributed by atoms with Gasteiger partial charge in [0.2, 0.25) is 0 Å². The minimum absolute atomic E-state index is 0.694. The van der Waals surface area contributed by atoms with E-state index in [-0.39, 0.29) is 0 Å². The van der Waals surface area contributed by atoms with Crippen LogP contribution in [0.3, 0.4) is 0 Å². The van der Waals surface area contributed by atoms with Gasteiger partial charge in [-0.3, -0.25) is 4.40 Å². The fraction of sp³-hybridized carbons (Fsp3) is 0.643. The van der Waals surface area contributed by atoms with Crippen LogP contribution in [0.1, 0.15) is 26.0 Å². The van der Waals surface area contributed by atoms with Crippen molar-refractivity contribution in [2.75, 3.05) is 30.3 Å². The fourth-order valence-corrected chi connectivity index (χ4v) is 4.37. The third-order valence-corrected chi connectivity index (χ3v) is 5.49. The maximum absolute atomic E-state index is 4.87. The highest BCUT2D eigenvalue weighted by atomic mass is 32.2. The summed E-state index contributed by atoms with van der Waals surface area (Å²) in [5, 5.41) is 6.33. The lowest BCUT2D eigenvalue weighted by atomic mass is 10.3. The molecule has 0 amide bonds. The second-order valence-electron chi connectivity index (χ2n) is 5.24. The summed E-state index contributed by atoms with van der Waals surface area (Å²) < 4.78 is 2.25. The molecule has 0 aromatic carbocycles. The predicted molar refractivity (Wildman–Crippen MR) is 89.2 cm³/mol. The molecule has 0 spiro atoms. The first-order chi connectivity index (χ1) is 9.79. The van der Waals surface area contributed by atoms with Crippen molar-refractivity contribution < 1.29 is 0 Å². The summed E-state index contributed by atoms with van der Waals surface area (Å²) in [6.07, 6.45) is 3.31. The molecule has 0 bridgehead atoms. The van der Waals surface area contributed by atoms with Gasteiger partial charge in [-0.25, -0.2) is 4.98 Å². The third-order valence-electron chi connectivity index (χ3n) is 3.60. The Morgan fingerprint density at radius 3 is 3.20 bits per heavy atom. The third kappa shape index (κ3) is 2.82. The Balaban J connectivity index is 1.88. The Morgan fingerprint density at radius 1 is 1.50 bits per heavy atom. The fourth-order valence-electron chi connectivity index (χ4n) is 2.63. The molecule has 0 radical (unpaired) electrons. The monoisotopic (exact) mass is 310 g/mol. The molecule has 20 heavy (non-hydrogen) atoms. The van der Waals surface area contributed by atoms with E-state index in [1.54, 1.807) is 11.3 Å². The van der Waals surface area contributed by atoms with E-state index in [0.717, 1.165) is 37.6 Å². The van der Waals surface area contributed by atoms with Crippen LogP contribution in [0.5, 0.6) is 0 Å². The van der Waals surface area contributed by atoms with Crippen LogP contribution in [-0.4, -0.2) is 40.0 Å². The van der Waals surface area contributed by atoms with Gasteiger partial charge in [0.1, 0.15) is 0 Å². The van der Waals surface area contributed by atoms with Crippen molar-refractivity contribution in [3.05, 3.63) is 17.3 Å². The highest BCUT2D eigenvalue weighted by molar-refractivity contribution is 8.00. The van der Waals surface area contributed by atoms with Gasteiger partial charge in [0.15, 0.2) is 10.8 Å². The Morgan fingerprint density at radius 2 is 2.40 bits per heavy atom. The Hall–Kier alpha value is -0.720. The van der Waals surface area contributed by atoms with Crippen molar-refractivity contribution >= 4 is 33.9 Å². The van der Waals surface area contributed by atoms with Crippen molar-refractivity contribution in [1.29, 1.82) is 0 Å². The molecule has 1 unspecified atom stereocenters. The summed E-state index contributed by atoms with van der Waals surface area (Å²) in [5.41, 5.74) is 1.31. The van der Waals surface area contributed by atoms with Gasteiger partial charge in [-0.1, -0.05) is 13.8 Å². The molecule has 2 aromatic rings. The average Bonchev–Trinajstić information content (AvgIpc) is 3.01. The van der Waals surface area contributed by atoms with E-state index in [2.05, 4.69) is 51.8 Å². The molecular formula is C14H22N4S2. The molecule has 6 heteroatoms. The summed E-state index contributed by atoms with van der Waals surface area (Å²) in [6, 6.07) is 0. The summed E-state index contributed by atoms with van der Waals surface area (Å²) >= 11 is 3.78. The molecule has 0 aliphatic carbocycles. The summed E-state index contributed by atoms with van der Waals surface area (Å²) in [5.74, 6) is 2.39. The highest BCUT2D eigenvalue weighted by Gasteiger charge is 2.23. The van der Waals surface area contributed by atoms with Crippen molar-refractivity contribution in [1.82, 2.24) is 14.7 Å². The molecule has 1 aliphatic rings. The molecule has 3 heterocycles. The Labute approximate surface area is 128 Å². The second kappa shape index (κ2) is 6.37. The topological polar surface area (TPSA) is 32.6 Å². The van der Waals surface area contributed by atoms with E-state index in [0.29, 0.717) is 5.25 Å². The number of nitrogens with one attached hydrogen (secondary N) is 1. The zero-order chi connectivity index (χ0) is 13.9. The number of anilines is 1. The molecule has 1 N–H and O–H groups in total. The number of rotatable bonds is 5. The van der Waals surface area contributed by atoms with Crippen LogP contribution < -0.4 is 10.2 Å². The van der Waals surface area contributed by atoms with E-state index < -0.39 is 0 Å². The minimum Gasteiger partial charge on any atom is -0.353 e. The van der Waals surface area contributed by atoms with Gasteiger partial charge >= 0.3 is 0 Å². The second-order valence-corrected chi connectivity index (χ2v) is 7.66. The first-order valence-corrected chi connectivity index (χ1v) is 9.24. The quantitative estimate of drug-likeness (QED) is 0.861. The van der Waals surface area contributed by atoms with E-state index >= 15 is 0 Å². The molecule has 3 rings (SSSR count). The lowest BCUT2D eigenvalue weighted by Crippen LogP contribution is -2.37. The number of thiazole rings is 1. The molecule has 0 saturated carbocycles. The van der Waals surface area contributed by atoms with E-state index in [4.69, 9.17) is 4.98 Å². The lowest BCUT2D eigenvalue weighted by molar-refractivity contribution is 0.656. The van der Waals surface area contributed by atoms with Gasteiger partial charge in [0.05, 0.1) is 5.69 Å². The summed E-state index contributed by atoms with van der Waals surface area (Å²) in [7, 11) is 0. The number of fused-ring (bicyclic) bond motifs is 1. The largest absolute Gasteiger partial charge is 0.353 e. The van der Waals surface area contributed by atoms with Crippen LogP contribution in [0.15, 0.2) is 11.6 Å². The van der Waals surface area contributed by atoms with Crippen LogP contribution >= 0.6 is 23.1 Å². The molecule has 110 valence electrons. The maximum Gasteiger partial charge on any atom is 0.195 e. The molecule has 1 atom stereocenters. The molecular weight excluding hydrogens is 288 g/mol. The molecule has 2 aromatic heterocycles. The zero-order valence-corrected chi connectivity index (χ0v) is 13.8. The number of imidazole rings is 1.